The van der Waals surface area contributed by atoms with Crippen LogP contribution in [0.25, 0.3) is 0 Å². The Kier molecular flexibility index (Phi) is 5.77. The standard InChI is InChI=1S/C7H16O10P/c1-14-17-18(12,13)16-7-6(11)5(10)4(9)3(2-8)15-7/h3-13H,2H2,1H3/q+1. The molecule has 6 N–H and O–H groups in total. The molecule has 5 unspecified atom stereocenters. The Balaban J connectivity index is 2.70. The first-order valence-electron chi connectivity index (χ1n) is 4.88. The predicted molar refractivity (Wildman–Crippen MR) is 54.3 cm³/mol. The molecular formula is C7H16O10P+. The van der Waals surface area contributed by atoms with Gasteiger partial charge in [0.25, 0.3) is 0 Å². The van der Waals surface area contributed by atoms with Crippen LogP contribution in [0.2, 0.25) is 0 Å². The van der Waals surface area contributed by atoms with Crippen LogP contribution in [0.5, 0.6) is 0 Å². The smallest absolute Gasteiger partial charge is 0.394 e. The van der Waals surface area contributed by atoms with Crippen LogP contribution in [0.4, 0.5) is 0 Å². The Hall–Kier alpha value is 0.0300. The number of rotatable bonds is 5. The van der Waals surface area contributed by atoms with Crippen molar-refractivity contribution in [2.24, 2.45) is 0 Å². The zero-order chi connectivity index (χ0) is 13.9. The second-order valence-electron chi connectivity index (χ2n) is 3.53. The summed E-state index contributed by atoms with van der Waals surface area (Å²) in [4.78, 5) is 22.4. The van der Waals surface area contributed by atoms with E-state index in [1.165, 1.54) is 0 Å². The third-order valence-corrected chi connectivity index (χ3v) is 3.09. The van der Waals surface area contributed by atoms with Crippen LogP contribution >= 0.6 is 8.17 Å². The van der Waals surface area contributed by atoms with Gasteiger partial charge in [-0.2, -0.15) is 14.7 Å². The summed E-state index contributed by atoms with van der Waals surface area (Å²) >= 11 is 0. The molecule has 0 aromatic carbocycles. The maximum atomic E-state index is 9.51. The predicted octanol–water partition coefficient (Wildman–Crippen LogP) is -2.96. The lowest BCUT2D eigenvalue weighted by Gasteiger charge is -2.38. The molecule has 1 rings (SSSR count). The summed E-state index contributed by atoms with van der Waals surface area (Å²) < 4.78 is 13.4. The second kappa shape index (κ2) is 6.46. The van der Waals surface area contributed by atoms with E-state index in [0.29, 0.717) is 0 Å². The summed E-state index contributed by atoms with van der Waals surface area (Å²) in [5.74, 6) is 0. The zero-order valence-corrected chi connectivity index (χ0v) is 10.3. The van der Waals surface area contributed by atoms with Crippen molar-refractivity contribution in [3.63, 3.8) is 0 Å². The van der Waals surface area contributed by atoms with Crippen molar-refractivity contribution in [2.75, 3.05) is 13.7 Å². The van der Waals surface area contributed by atoms with Crippen LogP contribution in [0.15, 0.2) is 0 Å². The van der Waals surface area contributed by atoms with Gasteiger partial charge in [-0.25, -0.2) is 0 Å². The minimum absolute atomic E-state index is 0.668. The van der Waals surface area contributed by atoms with Gasteiger partial charge in [0, 0.05) is 4.67 Å². The molecule has 0 spiro atoms. The molecule has 108 valence electrons. The first kappa shape index (κ1) is 16.1. The van der Waals surface area contributed by atoms with E-state index in [9.17, 15) is 25.1 Å². The van der Waals surface area contributed by atoms with Gasteiger partial charge in [0.05, 0.1) is 13.7 Å². The van der Waals surface area contributed by atoms with Crippen LogP contribution in [-0.4, -0.2) is 74.6 Å². The molecular weight excluding hydrogens is 275 g/mol. The molecule has 5 atom stereocenters. The highest BCUT2D eigenvalue weighted by molar-refractivity contribution is 7.54. The lowest BCUT2D eigenvalue weighted by atomic mass is 10.00. The summed E-state index contributed by atoms with van der Waals surface area (Å²) in [5.41, 5.74) is 0. The fourth-order valence-electron chi connectivity index (χ4n) is 1.40. The lowest BCUT2D eigenvalue weighted by Crippen LogP contribution is -2.59. The molecule has 0 bridgehead atoms. The van der Waals surface area contributed by atoms with Crippen molar-refractivity contribution in [3.05, 3.63) is 0 Å². The van der Waals surface area contributed by atoms with E-state index < -0.39 is 45.5 Å². The molecule has 0 aromatic rings. The van der Waals surface area contributed by atoms with E-state index in [-0.39, 0.29) is 0 Å². The van der Waals surface area contributed by atoms with E-state index in [1.54, 1.807) is 0 Å². The Bertz CT molecular complexity index is 261. The SMILES string of the molecule is COO[P+](O)(O)OC1OC(CO)C(O)C(O)C1O. The van der Waals surface area contributed by atoms with Crippen molar-refractivity contribution in [1.29, 1.82) is 0 Å². The van der Waals surface area contributed by atoms with Gasteiger partial charge in [0.15, 0.2) is 0 Å². The fraction of sp³-hybridized carbons (Fsp3) is 1.00. The highest BCUT2D eigenvalue weighted by Crippen LogP contribution is 2.54. The Labute approximate surface area is 103 Å². The third kappa shape index (κ3) is 3.76. The molecule has 1 saturated heterocycles. The van der Waals surface area contributed by atoms with Crippen molar-refractivity contribution in [3.8, 4) is 0 Å². The van der Waals surface area contributed by atoms with Gasteiger partial charge in [0.1, 0.15) is 24.4 Å². The second-order valence-corrected chi connectivity index (χ2v) is 4.88. The molecule has 10 nitrogen and oxygen atoms in total. The zero-order valence-electron chi connectivity index (χ0n) is 9.36. The molecule has 1 aliphatic heterocycles. The van der Waals surface area contributed by atoms with E-state index in [0.717, 1.165) is 7.11 Å². The topological polar surface area (TPSA) is 158 Å². The molecule has 11 heteroatoms. The van der Waals surface area contributed by atoms with Crippen LogP contribution in [0.1, 0.15) is 0 Å². The first-order valence-corrected chi connectivity index (χ1v) is 6.41. The molecule has 0 aliphatic carbocycles. The lowest BCUT2D eigenvalue weighted by molar-refractivity contribution is -0.293. The van der Waals surface area contributed by atoms with Gasteiger partial charge >= 0.3 is 8.17 Å². The molecule has 18 heavy (non-hydrogen) atoms. The highest BCUT2D eigenvalue weighted by Gasteiger charge is 2.53. The van der Waals surface area contributed by atoms with Crippen LogP contribution in [-0.2, 0) is 18.8 Å². The van der Waals surface area contributed by atoms with Gasteiger partial charge in [-0.3, -0.25) is 0 Å². The number of aliphatic hydroxyl groups excluding tert-OH is 4. The molecule has 1 heterocycles. The molecule has 0 saturated carbocycles. The van der Waals surface area contributed by atoms with Crippen molar-refractivity contribution in [2.45, 2.75) is 30.7 Å². The minimum atomic E-state index is -4.41. The Morgan fingerprint density at radius 3 is 2.22 bits per heavy atom. The molecule has 0 aromatic heterocycles. The molecule has 1 aliphatic rings. The van der Waals surface area contributed by atoms with E-state index >= 15 is 0 Å². The van der Waals surface area contributed by atoms with Gasteiger partial charge < -0.3 is 25.2 Å². The van der Waals surface area contributed by atoms with Crippen LogP contribution < -0.4 is 0 Å². The van der Waals surface area contributed by atoms with E-state index in [4.69, 9.17) is 9.84 Å². The van der Waals surface area contributed by atoms with Crippen molar-refractivity contribution >= 4 is 8.17 Å². The quantitative estimate of drug-likeness (QED) is 0.175. The van der Waals surface area contributed by atoms with Gasteiger partial charge in [-0.15, -0.1) is 4.52 Å². The molecule has 1 fully saturated rings. The third-order valence-electron chi connectivity index (χ3n) is 2.26. The summed E-state index contributed by atoms with van der Waals surface area (Å²) in [6.07, 6.45) is -7.96. The maximum absolute atomic E-state index is 9.51. The monoisotopic (exact) mass is 291 g/mol. The minimum Gasteiger partial charge on any atom is -0.394 e. The molecule has 0 amide bonds. The highest BCUT2D eigenvalue weighted by atomic mass is 31.2. The summed E-state index contributed by atoms with van der Waals surface area (Å²) in [7, 11) is -3.42. The van der Waals surface area contributed by atoms with Gasteiger partial charge in [-0.05, 0) is 0 Å². The maximum Gasteiger partial charge on any atom is 0.603 e. The largest absolute Gasteiger partial charge is 0.603 e. The summed E-state index contributed by atoms with van der Waals surface area (Å²) in [5, 5.41) is 37.2. The fourth-order valence-corrected chi connectivity index (χ4v) is 2.08. The van der Waals surface area contributed by atoms with Crippen molar-refractivity contribution < 1.29 is 49.0 Å². The average molecular weight is 291 g/mol. The summed E-state index contributed by atoms with van der Waals surface area (Å²) in [6, 6.07) is 0. The van der Waals surface area contributed by atoms with Crippen LogP contribution in [0.3, 0.4) is 0 Å². The number of hydrogen-bond donors (Lipinski definition) is 6. The van der Waals surface area contributed by atoms with Gasteiger partial charge in [0.2, 0.25) is 6.29 Å². The number of ether oxygens (including phenoxy) is 1. The van der Waals surface area contributed by atoms with Gasteiger partial charge in [-0.1, -0.05) is 0 Å². The number of hydrogen-bond acceptors (Lipinski definition) is 10. The number of aliphatic hydroxyl groups is 4. The normalized spacial score (nSPS) is 37.8. The first-order chi connectivity index (χ1) is 8.32. The van der Waals surface area contributed by atoms with Crippen LogP contribution in [0, 0.1) is 0 Å². The van der Waals surface area contributed by atoms with E-state index in [2.05, 4.69) is 14.1 Å². The average Bonchev–Trinajstić information content (AvgIpc) is 2.29. The Morgan fingerprint density at radius 1 is 1.11 bits per heavy atom. The summed E-state index contributed by atoms with van der Waals surface area (Å²) in [6.45, 7) is -0.668. The molecule has 0 radical (unpaired) electrons. The van der Waals surface area contributed by atoms with Crippen molar-refractivity contribution in [1.82, 2.24) is 0 Å². The van der Waals surface area contributed by atoms with E-state index in [1.807, 2.05) is 0 Å². The Morgan fingerprint density at radius 2 is 1.72 bits per heavy atom.